The van der Waals surface area contributed by atoms with E-state index in [9.17, 15) is 4.79 Å². The second kappa shape index (κ2) is 6.58. The summed E-state index contributed by atoms with van der Waals surface area (Å²) < 4.78 is 9.35. The average molecular weight is 288 g/mol. The maximum atomic E-state index is 11.9. The molecule has 1 fully saturated rings. The van der Waals surface area contributed by atoms with E-state index in [1.807, 2.05) is 40.0 Å². The van der Waals surface area contributed by atoms with Crippen LogP contribution in [-0.4, -0.2) is 33.0 Å². The van der Waals surface area contributed by atoms with Crippen molar-refractivity contribution in [2.75, 3.05) is 11.9 Å². The first kappa shape index (κ1) is 13.9. The number of nitrogens with one attached hydrogen (secondary N) is 1. The van der Waals surface area contributed by atoms with Gasteiger partial charge in [0.1, 0.15) is 6.54 Å². The molecule has 3 rings (SSSR count). The zero-order valence-corrected chi connectivity index (χ0v) is 11.9. The summed E-state index contributed by atoms with van der Waals surface area (Å²) in [5.74, 6) is -0.0559. The summed E-state index contributed by atoms with van der Waals surface area (Å²) in [6.07, 6.45) is 10.9. The van der Waals surface area contributed by atoms with Gasteiger partial charge in [-0.05, 0) is 31.4 Å². The predicted octanol–water partition coefficient (Wildman–Crippen LogP) is 1.89. The van der Waals surface area contributed by atoms with Crippen LogP contribution in [0.1, 0.15) is 19.3 Å². The second-order valence-electron chi connectivity index (χ2n) is 5.34. The molecule has 0 radical (unpaired) electrons. The molecule has 0 aliphatic carbocycles. The zero-order valence-electron chi connectivity index (χ0n) is 11.9. The molecule has 1 saturated heterocycles. The highest BCUT2D eigenvalue weighted by Crippen LogP contribution is 2.15. The molecule has 3 heterocycles. The first-order valence-corrected chi connectivity index (χ1v) is 7.34. The fourth-order valence-electron chi connectivity index (χ4n) is 2.53. The van der Waals surface area contributed by atoms with Gasteiger partial charge in [0, 0.05) is 25.2 Å². The van der Waals surface area contributed by atoms with Crippen LogP contribution in [0.25, 0.3) is 0 Å². The lowest BCUT2D eigenvalue weighted by Crippen LogP contribution is -2.24. The molecule has 1 aliphatic heterocycles. The van der Waals surface area contributed by atoms with Gasteiger partial charge in [0.05, 0.1) is 24.5 Å². The molecule has 1 atom stereocenters. The van der Waals surface area contributed by atoms with E-state index >= 15 is 0 Å². The summed E-state index contributed by atoms with van der Waals surface area (Å²) in [6, 6.07) is 3.80. The largest absolute Gasteiger partial charge is 0.376 e. The molecule has 0 saturated carbocycles. The lowest BCUT2D eigenvalue weighted by atomic mass is 10.1. The van der Waals surface area contributed by atoms with Crippen LogP contribution in [0.3, 0.4) is 0 Å². The number of aromatic nitrogens is 3. The Bertz CT molecular complexity index is 570. The van der Waals surface area contributed by atoms with Crippen LogP contribution >= 0.6 is 0 Å². The van der Waals surface area contributed by atoms with Crippen molar-refractivity contribution in [3.8, 4) is 0 Å². The molecular formula is C15H20N4O2. The molecule has 1 amide bonds. The van der Waals surface area contributed by atoms with E-state index in [2.05, 4.69) is 10.4 Å². The van der Waals surface area contributed by atoms with Gasteiger partial charge in [-0.25, -0.2) is 0 Å². The van der Waals surface area contributed by atoms with Crippen LogP contribution in [-0.2, 0) is 22.6 Å². The third-order valence-corrected chi connectivity index (χ3v) is 3.57. The molecule has 0 aromatic carbocycles. The molecule has 1 aliphatic rings. The Morgan fingerprint density at radius 1 is 1.38 bits per heavy atom. The highest BCUT2D eigenvalue weighted by Gasteiger charge is 2.15. The van der Waals surface area contributed by atoms with Gasteiger partial charge in [-0.2, -0.15) is 5.10 Å². The number of carbonyl (C=O) groups excluding carboxylic acids is 1. The highest BCUT2D eigenvalue weighted by atomic mass is 16.5. The van der Waals surface area contributed by atoms with E-state index in [1.165, 1.54) is 6.42 Å². The standard InChI is InChI=1S/C15H20N4O2/c20-15(12-18-6-2-3-7-18)17-13-9-16-19(10-13)11-14-5-1-4-8-21-14/h2-3,6-7,9-10,14H,1,4-5,8,11-12H2,(H,17,20)/t14-/m1/s1. The number of carbonyl (C=O) groups is 1. The number of anilines is 1. The van der Waals surface area contributed by atoms with Gasteiger partial charge in [-0.1, -0.05) is 0 Å². The Hall–Kier alpha value is -2.08. The SMILES string of the molecule is O=C(Cn1cccc1)Nc1cnn(C[C@H]2CCCCO2)c1. The lowest BCUT2D eigenvalue weighted by Gasteiger charge is -2.22. The van der Waals surface area contributed by atoms with E-state index in [4.69, 9.17) is 4.74 Å². The molecular weight excluding hydrogens is 268 g/mol. The van der Waals surface area contributed by atoms with Gasteiger partial charge in [0.15, 0.2) is 0 Å². The molecule has 0 unspecified atom stereocenters. The van der Waals surface area contributed by atoms with Crippen molar-refractivity contribution < 1.29 is 9.53 Å². The molecule has 21 heavy (non-hydrogen) atoms. The Balaban J connectivity index is 1.51. The van der Waals surface area contributed by atoms with E-state index in [0.717, 1.165) is 31.7 Å². The molecule has 2 aromatic rings. The Morgan fingerprint density at radius 3 is 3.00 bits per heavy atom. The Labute approximate surface area is 123 Å². The average Bonchev–Trinajstić information content (AvgIpc) is 3.12. The van der Waals surface area contributed by atoms with Gasteiger partial charge in [-0.15, -0.1) is 0 Å². The van der Waals surface area contributed by atoms with Crippen LogP contribution in [0.15, 0.2) is 36.9 Å². The smallest absolute Gasteiger partial charge is 0.244 e. The lowest BCUT2D eigenvalue weighted by molar-refractivity contribution is -0.116. The summed E-state index contributed by atoms with van der Waals surface area (Å²) in [5, 5.41) is 7.13. The third-order valence-electron chi connectivity index (χ3n) is 3.57. The first-order chi connectivity index (χ1) is 10.3. The van der Waals surface area contributed by atoms with Crippen molar-refractivity contribution in [1.29, 1.82) is 0 Å². The van der Waals surface area contributed by atoms with Crippen molar-refractivity contribution >= 4 is 11.6 Å². The summed E-state index contributed by atoms with van der Waals surface area (Å²) in [7, 11) is 0. The maximum Gasteiger partial charge on any atom is 0.244 e. The molecule has 0 bridgehead atoms. The molecule has 6 nitrogen and oxygen atoms in total. The van der Waals surface area contributed by atoms with Crippen LogP contribution < -0.4 is 5.32 Å². The van der Waals surface area contributed by atoms with Crippen LogP contribution in [0.4, 0.5) is 5.69 Å². The van der Waals surface area contributed by atoms with Crippen molar-refractivity contribution in [3.05, 3.63) is 36.9 Å². The van der Waals surface area contributed by atoms with Gasteiger partial charge in [0.2, 0.25) is 5.91 Å². The van der Waals surface area contributed by atoms with E-state index in [-0.39, 0.29) is 12.0 Å². The minimum absolute atomic E-state index is 0.0559. The van der Waals surface area contributed by atoms with Crippen molar-refractivity contribution in [2.45, 2.75) is 38.5 Å². The Morgan fingerprint density at radius 2 is 2.24 bits per heavy atom. The number of rotatable bonds is 5. The normalized spacial score (nSPS) is 18.6. The topological polar surface area (TPSA) is 61.1 Å². The summed E-state index contributed by atoms with van der Waals surface area (Å²) in [6.45, 7) is 1.89. The van der Waals surface area contributed by atoms with Crippen molar-refractivity contribution in [2.24, 2.45) is 0 Å². The minimum atomic E-state index is -0.0559. The third kappa shape index (κ3) is 3.95. The number of amides is 1. The van der Waals surface area contributed by atoms with Gasteiger partial charge >= 0.3 is 0 Å². The number of ether oxygens (including phenoxy) is 1. The highest BCUT2D eigenvalue weighted by molar-refractivity contribution is 5.90. The number of hydrogen-bond donors (Lipinski definition) is 1. The van der Waals surface area contributed by atoms with Crippen molar-refractivity contribution in [1.82, 2.24) is 14.3 Å². The van der Waals surface area contributed by atoms with E-state index in [0.29, 0.717) is 6.54 Å². The number of hydrogen-bond acceptors (Lipinski definition) is 3. The van der Waals surface area contributed by atoms with Crippen molar-refractivity contribution in [3.63, 3.8) is 0 Å². The molecule has 2 aromatic heterocycles. The van der Waals surface area contributed by atoms with Crippen LogP contribution in [0, 0.1) is 0 Å². The van der Waals surface area contributed by atoms with Crippen LogP contribution in [0.5, 0.6) is 0 Å². The van der Waals surface area contributed by atoms with Crippen LogP contribution in [0.2, 0.25) is 0 Å². The summed E-state index contributed by atoms with van der Waals surface area (Å²) in [5.41, 5.74) is 0.725. The summed E-state index contributed by atoms with van der Waals surface area (Å²) >= 11 is 0. The van der Waals surface area contributed by atoms with E-state index in [1.54, 1.807) is 6.20 Å². The predicted molar refractivity (Wildman–Crippen MR) is 78.9 cm³/mol. The fraction of sp³-hybridized carbons (Fsp3) is 0.467. The zero-order chi connectivity index (χ0) is 14.5. The maximum absolute atomic E-state index is 11.9. The molecule has 1 N–H and O–H groups in total. The number of nitrogens with zero attached hydrogens (tertiary/aromatic N) is 3. The van der Waals surface area contributed by atoms with Gasteiger partial charge in [0.25, 0.3) is 0 Å². The molecule has 6 heteroatoms. The van der Waals surface area contributed by atoms with Gasteiger partial charge < -0.3 is 14.6 Å². The minimum Gasteiger partial charge on any atom is -0.376 e. The second-order valence-corrected chi connectivity index (χ2v) is 5.34. The molecule has 112 valence electrons. The first-order valence-electron chi connectivity index (χ1n) is 7.34. The fourth-order valence-corrected chi connectivity index (χ4v) is 2.53. The monoisotopic (exact) mass is 288 g/mol. The summed E-state index contributed by atoms with van der Waals surface area (Å²) in [4.78, 5) is 11.9. The van der Waals surface area contributed by atoms with E-state index < -0.39 is 0 Å². The Kier molecular flexibility index (Phi) is 4.35. The molecule has 0 spiro atoms. The van der Waals surface area contributed by atoms with Gasteiger partial charge in [-0.3, -0.25) is 9.48 Å². The quantitative estimate of drug-likeness (QED) is 0.914.